The van der Waals surface area contributed by atoms with Crippen LogP contribution in [0, 0.1) is 11.6 Å². The third-order valence-corrected chi connectivity index (χ3v) is 2.72. The average Bonchev–Trinajstić information content (AvgIpc) is 2.43. The second kappa shape index (κ2) is 6.21. The van der Waals surface area contributed by atoms with Gasteiger partial charge in [0.25, 0.3) is 5.91 Å². The SMILES string of the molecule is CC(Oc1cc(F)ccc1F)C(=O)Nc1cccc(N)c1. The lowest BCUT2D eigenvalue weighted by Crippen LogP contribution is -2.30. The van der Waals surface area contributed by atoms with Crippen molar-refractivity contribution in [2.45, 2.75) is 13.0 Å². The second-order valence-electron chi connectivity index (χ2n) is 4.45. The molecular formula is C15H14F2N2O2. The second-order valence-corrected chi connectivity index (χ2v) is 4.45. The van der Waals surface area contributed by atoms with E-state index in [2.05, 4.69) is 5.32 Å². The van der Waals surface area contributed by atoms with Crippen LogP contribution >= 0.6 is 0 Å². The quantitative estimate of drug-likeness (QED) is 0.852. The number of benzene rings is 2. The largest absolute Gasteiger partial charge is 0.478 e. The predicted octanol–water partition coefficient (Wildman–Crippen LogP) is 2.95. The molecule has 0 aliphatic rings. The van der Waals surface area contributed by atoms with Gasteiger partial charge in [-0.25, -0.2) is 8.78 Å². The number of nitrogen functional groups attached to an aromatic ring is 1. The lowest BCUT2D eigenvalue weighted by atomic mass is 10.2. The highest BCUT2D eigenvalue weighted by Gasteiger charge is 2.17. The normalized spacial score (nSPS) is 11.8. The third kappa shape index (κ3) is 3.92. The highest BCUT2D eigenvalue weighted by atomic mass is 19.1. The molecule has 1 amide bonds. The number of nitrogens with two attached hydrogens (primary N) is 1. The number of rotatable bonds is 4. The molecule has 0 heterocycles. The molecule has 0 aromatic heterocycles. The smallest absolute Gasteiger partial charge is 0.265 e. The van der Waals surface area contributed by atoms with Gasteiger partial charge in [-0.3, -0.25) is 4.79 Å². The average molecular weight is 292 g/mol. The Bertz CT molecular complexity index is 662. The van der Waals surface area contributed by atoms with Crippen molar-refractivity contribution in [3.05, 3.63) is 54.1 Å². The Labute approximate surface area is 120 Å². The maximum Gasteiger partial charge on any atom is 0.265 e. The molecule has 1 unspecified atom stereocenters. The van der Waals surface area contributed by atoms with Crippen LogP contribution in [0.2, 0.25) is 0 Å². The van der Waals surface area contributed by atoms with Gasteiger partial charge in [-0.15, -0.1) is 0 Å². The molecule has 6 heteroatoms. The predicted molar refractivity (Wildman–Crippen MR) is 75.9 cm³/mol. The van der Waals surface area contributed by atoms with E-state index in [1.165, 1.54) is 6.92 Å². The maximum atomic E-state index is 13.4. The Morgan fingerprint density at radius 1 is 1.24 bits per heavy atom. The summed E-state index contributed by atoms with van der Waals surface area (Å²) < 4.78 is 31.6. The van der Waals surface area contributed by atoms with Gasteiger partial charge in [0.15, 0.2) is 17.7 Å². The summed E-state index contributed by atoms with van der Waals surface area (Å²) in [7, 11) is 0. The molecule has 0 bridgehead atoms. The summed E-state index contributed by atoms with van der Waals surface area (Å²) in [5.41, 5.74) is 6.59. The van der Waals surface area contributed by atoms with Crippen LogP contribution in [0.1, 0.15) is 6.92 Å². The zero-order valence-corrected chi connectivity index (χ0v) is 11.3. The van der Waals surface area contributed by atoms with Gasteiger partial charge in [0.1, 0.15) is 5.82 Å². The number of hydrogen-bond acceptors (Lipinski definition) is 3. The maximum absolute atomic E-state index is 13.4. The van der Waals surface area contributed by atoms with Gasteiger partial charge in [-0.1, -0.05) is 6.07 Å². The van der Waals surface area contributed by atoms with E-state index < -0.39 is 23.6 Å². The molecule has 0 saturated carbocycles. The van der Waals surface area contributed by atoms with E-state index in [1.807, 2.05) is 0 Å². The van der Waals surface area contributed by atoms with E-state index in [9.17, 15) is 13.6 Å². The Hall–Kier alpha value is -2.63. The fourth-order valence-electron chi connectivity index (χ4n) is 1.67. The van der Waals surface area contributed by atoms with Crippen molar-refractivity contribution >= 4 is 17.3 Å². The molecule has 2 aromatic rings. The van der Waals surface area contributed by atoms with E-state index in [1.54, 1.807) is 24.3 Å². The molecule has 2 aromatic carbocycles. The summed E-state index contributed by atoms with van der Waals surface area (Å²) in [5.74, 6) is -2.19. The molecule has 110 valence electrons. The van der Waals surface area contributed by atoms with Gasteiger partial charge in [0, 0.05) is 17.4 Å². The van der Waals surface area contributed by atoms with Crippen molar-refractivity contribution in [2.75, 3.05) is 11.1 Å². The molecule has 0 radical (unpaired) electrons. The summed E-state index contributed by atoms with van der Waals surface area (Å²) in [6.07, 6.45) is -0.997. The van der Waals surface area contributed by atoms with Gasteiger partial charge >= 0.3 is 0 Å². The van der Waals surface area contributed by atoms with E-state index in [0.29, 0.717) is 11.4 Å². The highest BCUT2D eigenvalue weighted by Crippen LogP contribution is 2.20. The first kappa shape index (κ1) is 14.8. The van der Waals surface area contributed by atoms with Gasteiger partial charge < -0.3 is 15.8 Å². The summed E-state index contributed by atoms with van der Waals surface area (Å²) in [6.45, 7) is 1.44. The Morgan fingerprint density at radius 2 is 2.00 bits per heavy atom. The molecule has 2 rings (SSSR count). The van der Waals surface area contributed by atoms with Crippen LogP contribution in [0.3, 0.4) is 0 Å². The van der Waals surface area contributed by atoms with Crippen LogP contribution in [-0.4, -0.2) is 12.0 Å². The summed E-state index contributed by atoms with van der Waals surface area (Å²) >= 11 is 0. The fraction of sp³-hybridized carbons (Fsp3) is 0.133. The minimum atomic E-state index is -0.997. The van der Waals surface area contributed by atoms with Gasteiger partial charge in [-0.05, 0) is 37.3 Å². The number of carbonyl (C=O) groups excluding carboxylic acids is 1. The van der Waals surface area contributed by atoms with E-state index >= 15 is 0 Å². The topological polar surface area (TPSA) is 64.3 Å². The Balaban J connectivity index is 2.04. The van der Waals surface area contributed by atoms with Crippen LogP contribution in [-0.2, 0) is 4.79 Å². The number of halogens is 2. The number of hydrogen-bond donors (Lipinski definition) is 2. The van der Waals surface area contributed by atoms with E-state index in [0.717, 1.165) is 18.2 Å². The van der Waals surface area contributed by atoms with Crippen LogP contribution < -0.4 is 15.8 Å². The first-order chi connectivity index (χ1) is 9.95. The molecule has 4 nitrogen and oxygen atoms in total. The van der Waals surface area contributed by atoms with E-state index in [-0.39, 0.29) is 5.75 Å². The minimum absolute atomic E-state index is 0.315. The van der Waals surface area contributed by atoms with E-state index in [4.69, 9.17) is 10.5 Å². The standard InChI is InChI=1S/C15H14F2N2O2/c1-9(21-14-7-10(16)5-6-13(14)17)15(20)19-12-4-2-3-11(18)8-12/h2-9H,18H2,1H3,(H,19,20). The lowest BCUT2D eigenvalue weighted by molar-refractivity contribution is -0.122. The van der Waals surface area contributed by atoms with Gasteiger partial charge in [0.05, 0.1) is 0 Å². The molecular weight excluding hydrogens is 278 g/mol. The number of carbonyl (C=O) groups is 1. The molecule has 0 aliphatic heterocycles. The zero-order chi connectivity index (χ0) is 15.4. The first-order valence-corrected chi connectivity index (χ1v) is 6.24. The third-order valence-electron chi connectivity index (χ3n) is 2.72. The number of ether oxygens (including phenoxy) is 1. The molecule has 0 aliphatic carbocycles. The van der Waals surface area contributed by atoms with Crippen LogP contribution in [0.4, 0.5) is 20.2 Å². The summed E-state index contributed by atoms with van der Waals surface area (Å²) in [6, 6.07) is 9.39. The van der Waals surface area contributed by atoms with Crippen molar-refractivity contribution in [3.8, 4) is 5.75 Å². The number of amides is 1. The van der Waals surface area contributed by atoms with Crippen LogP contribution in [0.25, 0.3) is 0 Å². The number of nitrogens with one attached hydrogen (secondary N) is 1. The molecule has 21 heavy (non-hydrogen) atoms. The summed E-state index contributed by atoms with van der Waals surface area (Å²) in [5, 5.41) is 2.58. The Kier molecular flexibility index (Phi) is 4.37. The van der Waals surface area contributed by atoms with Crippen LogP contribution in [0.5, 0.6) is 5.75 Å². The fourth-order valence-corrected chi connectivity index (χ4v) is 1.67. The Morgan fingerprint density at radius 3 is 2.71 bits per heavy atom. The zero-order valence-electron chi connectivity index (χ0n) is 11.3. The molecule has 0 spiro atoms. The van der Waals surface area contributed by atoms with Crippen molar-refractivity contribution in [2.24, 2.45) is 0 Å². The number of anilines is 2. The monoisotopic (exact) mass is 292 g/mol. The molecule has 3 N–H and O–H groups in total. The molecule has 0 saturated heterocycles. The van der Waals surface area contributed by atoms with Crippen molar-refractivity contribution in [1.82, 2.24) is 0 Å². The van der Waals surface area contributed by atoms with Gasteiger partial charge in [0.2, 0.25) is 0 Å². The van der Waals surface area contributed by atoms with Crippen molar-refractivity contribution in [3.63, 3.8) is 0 Å². The highest BCUT2D eigenvalue weighted by molar-refractivity contribution is 5.94. The summed E-state index contributed by atoms with van der Waals surface area (Å²) in [4.78, 5) is 11.9. The minimum Gasteiger partial charge on any atom is -0.478 e. The van der Waals surface area contributed by atoms with Crippen molar-refractivity contribution < 1.29 is 18.3 Å². The van der Waals surface area contributed by atoms with Crippen LogP contribution in [0.15, 0.2) is 42.5 Å². The lowest BCUT2D eigenvalue weighted by Gasteiger charge is -2.15. The molecule has 1 atom stereocenters. The first-order valence-electron chi connectivity index (χ1n) is 6.24. The van der Waals surface area contributed by atoms with Crippen molar-refractivity contribution in [1.29, 1.82) is 0 Å². The van der Waals surface area contributed by atoms with Gasteiger partial charge in [-0.2, -0.15) is 0 Å². The molecule has 0 fully saturated rings.